The van der Waals surface area contributed by atoms with E-state index in [0.717, 1.165) is 61.6 Å². The van der Waals surface area contributed by atoms with Crippen molar-refractivity contribution in [3.63, 3.8) is 0 Å². The molecule has 1 saturated heterocycles. The summed E-state index contributed by atoms with van der Waals surface area (Å²) in [5.74, 6) is 2.43. The lowest BCUT2D eigenvalue weighted by molar-refractivity contribution is 0.0537. The summed E-state index contributed by atoms with van der Waals surface area (Å²) in [4.78, 5) is 17.1. The molecule has 4 rings (SSSR count). The molecule has 0 aromatic heterocycles. The first-order chi connectivity index (χ1) is 14.1. The minimum Gasteiger partial charge on any atom is -0.486 e. The van der Waals surface area contributed by atoms with Crippen LogP contribution in [0, 0.1) is 12.8 Å². The Hall–Kier alpha value is -2.53. The van der Waals surface area contributed by atoms with Crippen LogP contribution in [0.25, 0.3) is 0 Å². The zero-order chi connectivity index (χ0) is 20.2. The quantitative estimate of drug-likeness (QED) is 0.777. The maximum absolute atomic E-state index is 12.7. The van der Waals surface area contributed by atoms with Gasteiger partial charge in [0.25, 0.3) is 5.91 Å². The molecule has 0 aliphatic carbocycles. The van der Waals surface area contributed by atoms with Crippen molar-refractivity contribution in [1.82, 2.24) is 9.80 Å². The molecule has 2 aliphatic rings. The summed E-state index contributed by atoms with van der Waals surface area (Å²) in [5.41, 5.74) is 1.93. The smallest absolute Gasteiger partial charge is 0.253 e. The average Bonchev–Trinajstić information content (AvgIpc) is 2.73. The lowest BCUT2D eigenvalue weighted by Crippen LogP contribution is -2.44. The Morgan fingerprint density at radius 2 is 1.83 bits per heavy atom. The topological polar surface area (TPSA) is 42.0 Å². The Bertz CT molecular complexity index is 846. The second kappa shape index (κ2) is 8.87. The van der Waals surface area contributed by atoms with E-state index in [1.165, 1.54) is 0 Å². The van der Waals surface area contributed by atoms with Gasteiger partial charge in [-0.15, -0.1) is 0 Å². The van der Waals surface area contributed by atoms with E-state index in [1.54, 1.807) is 0 Å². The highest BCUT2D eigenvalue weighted by atomic mass is 16.6. The number of aryl methyl sites for hydroxylation is 1. The molecule has 0 spiro atoms. The molecule has 29 heavy (non-hydrogen) atoms. The van der Waals surface area contributed by atoms with Gasteiger partial charge in [-0.2, -0.15) is 0 Å². The van der Waals surface area contributed by atoms with Crippen molar-refractivity contribution in [2.75, 3.05) is 39.8 Å². The molecular formula is C24H30N2O3. The van der Waals surface area contributed by atoms with E-state index in [4.69, 9.17) is 9.47 Å². The highest BCUT2D eigenvalue weighted by Crippen LogP contribution is 2.31. The number of likely N-dealkylation sites (N-methyl/N-ethyl adjacent to an activating group) is 1. The van der Waals surface area contributed by atoms with Crippen molar-refractivity contribution in [3.8, 4) is 11.5 Å². The molecule has 1 atom stereocenters. The zero-order valence-electron chi connectivity index (χ0n) is 17.3. The summed E-state index contributed by atoms with van der Waals surface area (Å²) in [6.07, 6.45) is 2.15. The van der Waals surface area contributed by atoms with Crippen LogP contribution in [-0.4, -0.2) is 61.6 Å². The molecule has 1 fully saturated rings. The first-order valence-corrected chi connectivity index (χ1v) is 10.5. The Kier molecular flexibility index (Phi) is 6.05. The SMILES string of the molecule is Cc1cccc(C(=O)N2CCC(CN(C)CC3COc4ccccc4O3)CC2)c1. The number of para-hydroxylation sites is 2. The Labute approximate surface area is 173 Å². The molecule has 2 aromatic carbocycles. The number of nitrogens with zero attached hydrogens (tertiary/aromatic N) is 2. The Morgan fingerprint density at radius 3 is 2.59 bits per heavy atom. The minimum atomic E-state index is 0.0536. The molecule has 2 aliphatic heterocycles. The van der Waals surface area contributed by atoms with Gasteiger partial charge in [0.05, 0.1) is 0 Å². The monoisotopic (exact) mass is 394 g/mol. The van der Waals surface area contributed by atoms with Gasteiger partial charge in [-0.25, -0.2) is 0 Å². The third-order valence-corrected chi connectivity index (χ3v) is 5.82. The first kappa shape index (κ1) is 19.8. The van der Waals surface area contributed by atoms with Gasteiger partial charge in [0.15, 0.2) is 11.5 Å². The number of hydrogen-bond donors (Lipinski definition) is 0. The van der Waals surface area contributed by atoms with Gasteiger partial charge >= 0.3 is 0 Å². The fraction of sp³-hybridized carbons (Fsp3) is 0.458. The van der Waals surface area contributed by atoms with Crippen molar-refractivity contribution in [2.45, 2.75) is 25.9 Å². The summed E-state index contributed by atoms with van der Waals surface area (Å²) in [6.45, 7) is 6.15. The molecule has 2 heterocycles. The maximum atomic E-state index is 12.7. The van der Waals surface area contributed by atoms with Crippen LogP contribution in [0.3, 0.4) is 0 Å². The van der Waals surface area contributed by atoms with Gasteiger partial charge in [-0.3, -0.25) is 4.79 Å². The second-order valence-electron chi connectivity index (χ2n) is 8.32. The second-order valence-corrected chi connectivity index (χ2v) is 8.32. The number of ether oxygens (including phenoxy) is 2. The van der Waals surface area contributed by atoms with Crippen LogP contribution in [0.1, 0.15) is 28.8 Å². The van der Waals surface area contributed by atoms with Crippen LogP contribution < -0.4 is 9.47 Å². The van der Waals surface area contributed by atoms with Gasteiger partial charge in [0.1, 0.15) is 12.7 Å². The standard InChI is InChI=1S/C24H30N2O3/c1-18-6-5-7-20(14-18)24(27)26-12-10-19(11-13-26)15-25(2)16-21-17-28-22-8-3-4-9-23(22)29-21/h3-9,14,19,21H,10-13,15-17H2,1-2H3. The number of benzene rings is 2. The summed E-state index contributed by atoms with van der Waals surface area (Å²) in [7, 11) is 2.15. The third kappa shape index (κ3) is 4.91. The summed E-state index contributed by atoms with van der Waals surface area (Å²) < 4.78 is 11.9. The number of carbonyl (C=O) groups excluding carboxylic acids is 1. The Morgan fingerprint density at radius 1 is 1.07 bits per heavy atom. The van der Waals surface area contributed by atoms with Crippen LogP contribution >= 0.6 is 0 Å². The molecule has 154 valence electrons. The van der Waals surface area contributed by atoms with Gasteiger partial charge < -0.3 is 19.3 Å². The predicted molar refractivity (Wildman–Crippen MR) is 114 cm³/mol. The number of rotatable bonds is 5. The van der Waals surface area contributed by atoms with Crippen molar-refractivity contribution < 1.29 is 14.3 Å². The van der Waals surface area contributed by atoms with E-state index < -0.39 is 0 Å². The largest absolute Gasteiger partial charge is 0.486 e. The number of piperidine rings is 1. The van der Waals surface area contributed by atoms with Gasteiger partial charge in [-0.05, 0) is 57.0 Å². The predicted octanol–water partition coefficient (Wildman–Crippen LogP) is 3.62. The normalized spacial score (nSPS) is 19.4. The molecular weight excluding hydrogens is 364 g/mol. The molecule has 1 unspecified atom stereocenters. The van der Waals surface area contributed by atoms with Crippen LogP contribution in [0.2, 0.25) is 0 Å². The van der Waals surface area contributed by atoms with Crippen molar-refractivity contribution in [2.24, 2.45) is 5.92 Å². The number of amides is 1. The maximum Gasteiger partial charge on any atom is 0.253 e. The number of fused-ring (bicyclic) bond motifs is 1. The lowest BCUT2D eigenvalue weighted by Gasteiger charge is -2.35. The molecule has 0 bridgehead atoms. The van der Waals surface area contributed by atoms with Crippen LogP contribution in [0.5, 0.6) is 11.5 Å². The molecule has 5 nitrogen and oxygen atoms in total. The average molecular weight is 395 g/mol. The van der Waals surface area contributed by atoms with E-state index in [1.807, 2.05) is 60.4 Å². The van der Waals surface area contributed by atoms with E-state index in [9.17, 15) is 4.79 Å². The molecule has 5 heteroatoms. The molecule has 0 saturated carbocycles. The highest BCUT2D eigenvalue weighted by Gasteiger charge is 2.26. The van der Waals surface area contributed by atoms with Crippen LogP contribution in [0.15, 0.2) is 48.5 Å². The fourth-order valence-electron chi connectivity index (χ4n) is 4.30. The molecule has 0 radical (unpaired) electrons. The number of carbonyl (C=O) groups is 1. The number of hydrogen-bond acceptors (Lipinski definition) is 4. The number of likely N-dealkylation sites (tertiary alicyclic amines) is 1. The lowest BCUT2D eigenvalue weighted by atomic mass is 9.95. The third-order valence-electron chi connectivity index (χ3n) is 5.82. The van der Waals surface area contributed by atoms with Crippen LogP contribution in [0.4, 0.5) is 0 Å². The fourth-order valence-corrected chi connectivity index (χ4v) is 4.30. The first-order valence-electron chi connectivity index (χ1n) is 10.5. The summed E-state index contributed by atoms with van der Waals surface area (Å²) in [6, 6.07) is 15.7. The van der Waals surface area contributed by atoms with E-state index >= 15 is 0 Å². The van der Waals surface area contributed by atoms with E-state index in [2.05, 4.69) is 11.9 Å². The summed E-state index contributed by atoms with van der Waals surface area (Å²) >= 11 is 0. The summed E-state index contributed by atoms with van der Waals surface area (Å²) in [5, 5.41) is 0. The Balaban J connectivity index is 1.23. The zero-order valence-corrected chi connectivity index (χ0v) is 17.3. The van der Waals surface area contributed by atoms with Crippen molar-refractivity contribution in [1.29, 1.82) is 0 Å². The van der Waals surface area contributed by atoms with Gasteiger partial charge in [0.2, 0.25) is 0 Å². The highest BCUT2D eigenvalue weighted by molar-refractivity contribution is 5.94. The molecule has 1 amide bonds. The minimum absolute atomic E-state index is 0.0536. The van der Waals surface area contributed by atoms with Gasteiger partial charge in [-0.1, -0.05) is 29.8 Å². The van der Waals surface area contributed by atoms with E-state index in [-0.39, 0.29) is 12.0 Å². The molecule has 2 aromatic rings. The molecule has 0 N–H and O–H groups in total. The van der Waals surface area contributed by atoms with Crippen molar-refractivity contribution in [3.05, 3.63) is 59.7 Å². The van der Waals surface area contributed by atoms with E-state index in [0.29, 0.717) is 12.5 Å². The van der Waals surface area contributed by atoms with Gasteiger partial charge in [0, 0.05) is 31.7 Å². The van der Waals surface area contributed by atoms with Crippen molar-refractivity contribution >= 4 is 5.91 Å². The van der Waals surface area contributed by atoms with Crippen LogP contribution in [-0.2, 0) is 0 Å².